The van der Waals surface area contributed by atoms with E-state index in [9.17, 15) is 9.59 Å². The summed E-state index contributed by atoms with van der Waals surface area (Å²) in [5.74, 6) is 1.05. The molecule has 0 aromatic heterocycles. The number of aryl methyl sites for hydroxylation is 2. The molecule has 33 heavy (non-hydrogen) atoms. The molecule has 3 rings (SSSR count). The van der Waals surface area contributed by atoms with Crippen molar-refractivity contribution in [1.29, 1.82) is 0 Å². The van der Waals surface area contributed by atoms with E-state index in [1.54, 1.807) is 30.2 Å². The summed E-state index contributed by atoms with van der Waals surface area (Å²) in [4.78, 5) is 32.4. The van der Waals surface area contributed by atoms with Crippen LogP contribution in [0.5, 0.6) is 11.5 Å². The van der Waals surface area contributed by atoms with E-state index in [4.69, 9.17) is 14.5 Å². The number of carbonyl (C=O) groups excluding carboxylic acids is 2. The van der Waals surface area contributed by atoms with E-state index >= 15 is 0 Å². The minimum absolute atomic E-state index is 0.0538. The Hall–Kier alpha value is -3.00. The monoisotopic (exact) mass is 469 g/mol. The normalized spacial score (nSPS) is 17.1. The second-order valence-electron chi connectivity index (χ2n) is 8.46. The average Bonchev–Trinajstić information content (AvgIpc) is 3.04. The van der Waals surface area contributed by atoms with Crippen molar-refractivity contribution in [3.63, 3.8) is 0 Å². The molecule has 0 radical (unpaired) electrons. The maximum absolute atomic E-state index is 13.2. The van der Waals surface area contributed by atoms with Crippen molar-refractivity contribution in [3.05, 3.63) is 47.5 Å². The number of rotatable bonds is 8. The number of hydrogen-bond donors (Lipinski definition) is 1. The lowest BCUT2D eigenvalue weighted by molar-refractivity contribution is -0.128. The van der Waals surface area contributed by atoms with Gasteiger partial charge < -0.3 is 14.8 Å². The van der Waals surface area contributed by atoms with Crippen molar-refractivity contribution in [1.82, 2.24) is 4.90 Å². The Labute approximate surface area is 199 Å². The first-order valence-electron chi connectivity index (χ1n) is 10.9. The third-order valence-electron chi connectivity index (χ3n) is 5.19. The summed E-state index contributed by atoms with van der Waals surface area (Å²) in [6, 6.07) is 11.2. The maximum atomic E-state index is 13.2. The van der Waals surface area contributed by atoms with Gasteiger partial charge in [-0.1, -0.05) is 37.7 Å². The lowest BCUT2D eigenvalue weighted by atomic mass is 10.1. The number of thioether (sulfide) groups is 1. The Morgan fingerprint density at radius 1 is 1.12 bits per heavy atom. The van der Waals surface area contributed by atoms with Crippen molar-refractivity contribution in [2.75, 3.05) is 26.1 Å². The summed E-state index contributed by atoms with van der Waals surface area (Å²) in [6.45, 7) is 8.70. The van der Waals surface area contributed by atoms with Gasteiger partial charge in [0.05, 0.1) is 19.9 Å². The van der Waals surface area contributed by atoms with Crippen LogP contribution in [0.1, 0.15) is 31.4 Å². The van der Waals surface area contributed by atoms with E-state index < -0.39 is 5.25 Å². The van der Waals surface area contributed by atoms with Crippen LogP contribution >= 0.6 is 11.8 Å². The molecule has 0 spiro atoms. The second-order valence-corrected chi connectivity index (χ2v) is 9.63. The van der Waals surface area contributed by atoms with Gasteiger partial charge in [0, 0.05) is 24.7 Å². The van der Waals surface area contributed by atoms with Crippen LogP contribution in [0.3, 0.4) is 0 Å². The molecule has 176 valence electrons. The molecule has 1 N–H and O–H groups in total. The molecule has 0 bridgehead atoms. The van der Waals surface area contributed by atoms with Gasteiger partial charge >= 0.3 is 0 Å². The zero-order chi connectivity index (χ0) is 24.1. The summed E-state index contributed by atoms with van der Waals surface area (Å²) in [7, 11) is 3.09. The zero-order valence-electron chi connectivity index (χ0n) is 20.0. The number of nitrogens with one attached hydrogen (secondary N) is 1. The molecule has 8 heteroatoms. The minimum Gasteiger partial charge on any atom is -0.493 e. The first-order chi connectivity index (χ1) is 15.7. The molecular formula is C25H31N3O4S. The highest BCUT2D eigenvalue weighted by Gasteiger charge is 2.39. The number of benzene rings is 2. The van der Waals surface area contributed by atoms with E-state index in [2.05, 4.69) is 19.2 Å². The summed E-state index contributed by atoms with van der Waals surface area (Å²) in [5.41, 5.74) is 3.57. The van der Waals surface area contributed by atoms with Crippen molar-refractivity contribution in [2.45, 2.75) is 39.4 Å². The summed E-state index contributed by atoms with van der Waals surface area (Å²) >= 11 is 1.35. The highest BCUT2D eigenvalue weighted by atomic mass is 32.2. The van der Waals surface area contributed by atoms with Gasteiger partial charge in [-0.2, -0.15) is 0 Å². The van der Waals surface area contributed by atoms with Crippen molar-refractivity contribution in [3.8, 4) is 11.5 Å². The van der Waals surface area contributed by atoms with Crippen LogP contribution in [0.4, 0.5) is 11.4 Å². The van der Waals surface area contributed by atoms with Crippen LogP contribution < -0.4 is 14.8 Å². The molecule has 2 aromatic carbocycles. The number of hydrogen-bond acceptors (Lipinski definition) is 6. The van der Waals surface area contributed by atoms with Gasteiger partial charge in [0.25, 0.3) is 0 Å². The third-order valence-corrected chi connectivity index (χ3v) is 6.36. The molecule has 0 saturated carbocycles. The molecule has 1 heterocycles. The predicted molar refractivity (Wildman–Crippen MR) is 134 cm³/mol. The highest BCUT2D eigenvalue weighted by Crippen LogP contribution is 2.34. The Morgan fingerprint density at radius 2 is 1.85 bits per heavy atom. The van der Waals surface area contributed by atoms with Crippen LogP contribution in [0, 0.1) is 19.8 Å². The summed E-state index contributed by atoms with van der Waals surface area (Å²) in [6.07, 6.45) is 0.0538. The van der Waals surface area contributed by atoms with Crippen LogP contribution in [-0.2, 0) is 9.59 Å². The van der Waals surface area contributed by atoms with Gasteiger partial charge in [-0.3, -0.25) is 14.5 Å². The Bertz CT molecular complexity index is 1070. The van der Waals surface area contributed by atoms with Gasteiger partial charge in [-0.15, -0.1) is 0 Å². The van der Waals surface area contributed by atoms with Gasteiger partial charge in [0.2, 0.25) is 11.8 Å². The molecule has 1 aliphatic rings. The first kappa shape index (κ1) is 24.6. The van der Waals surface area contributed by atoms with Gasteiger partial charge in [0.1, 0.15) is 5.25 Å². The Balaban J connectivity index is 1.78. The molecule has 1 fully saturated rings. The molecule has 2 amide bonds. The maximum Gasteiger partial charge on any atom is 0.242 e. The quantitative estimate of drug-likeness (QED) is 0.593. The largest absolute Gasteiger partial charge is 0.493 e. The summed E-state index contributed by atoms with van der Waals surface area (Å²) in [5, 5.41) is 2.98. The molecule has 1 saturated heterocycles. The van der Waals surface area contributed by atoms with Crippen LogP contribution in [-0.4, -0.2) is 47.9 Å². The van der Waals surface area contributed by atoms with E-state index in [1.807, 2.05) is 32.0 Å². The number of ether oxygens (including phenoxy) is 2. The first-order valence-corrected chi connectivity index (χ1v) is 11.8. The van der Waals surface area contributed by atoms with Crippen LogP contribution in [0.25, 0.3) is 0 Å². The zero-order valence-corrected chi connectivity index (χ0v) is 20.8. The third kappa shape index (κ3) is 6.07. The molecule has 1 aliphatic heterocycles. The minimum atomic E-state index is -0.521. The van der Waals surface area contributed by atoms with Crippen molar-refractivity contribution >= 4 is 40.1 Å². The molecule has 1 atom stereocenters. The molecule has 2 aromatic rings. The fourth-order valence-electron chi connectivity index (χ4n) is 3.50. The molecule has 0 aliphatic carbocycles. The molecule has 1 unspecified atom stereocenters. The van der Waals surface area contributed by atoms with Crippen molar-refractivity contribution < 1.29 is 19.1 Å². The van der Waals surface area contributed by atoms with Gasteiger partial charge in [-0.05, 0) is 49.1 Å². The van der Waals surface area contributed by atoms with E-state index in [-0.39, 0.29) is 24.2 Å². The summed E-state index contributed by atoms with van der Waals surface area (Å²) < 4.78 is 10.5. The van der Waals surface area contributed by atoms with Gasteiger partial charge in [0.15, 0.2) is 16.7 Å². The lowest BCUT2D eigenvalue weighted by Gasteiger charge is -2.19. The highest BCUT2D eigenvalue weighted by molar-refractivity contribution is 8.15. The number of amides is 2. The van der Waals surface area contributed by atoms with Crippen LogP contribution in [0.15, 0.2) is 41.4 Å². The average molecular weight is 470 g/mol. The number of nitrogens with zero attached hydrogens (tertiary/aromatic N) is 2. The van der Waals surface area contributed by atoms with E-state index in [0.717, 1.165) is 16.8 Å². The molecule has 7 nitrogen and oxygen atoms in total. The number of carbonyl (C=O) groups is 2. The van der Waals surface area contributed by atoms with E-state index in [1.165, 1.54) is 18.9 Å². The van der Waals surface area contributed by atoms with E-state index in [0.29, 0.717) is 28.9 Å². The van der Waals surface area contributed by atoms with Gasteiger partial charge in [-0.25, -0.2) is 4.99 Å². The Kier molecular flexibility index (Phi) is 8.02. The number of methoxy groups -OCH3 is 2. The number of anilines is 1. The van der Waals surface area contributed by atoms with Crippen LogP contribution in [0.2, 0.25) is 0 Å². The fourth-order valence-corrected chi connectivity index (χ4v) is 4.66. The Morgan fingerprint density at radius 3 is 2.52 bits per heavy atom. The topological polar surface area (TPSA) is 80.2 Å². The SMILES string of the molecule is COc1ccc(NC(=O)CC2SC(=Nc3cc(C)ccc3C)N(CC(C)C)C2=O)cc1OC. The lowest BCUT2D eigenvalue weighted by Crippen LogP contribution is -2.36. The second kappa shape index (κ2) is 10.7. The smallest absolute Gasteiger partial charge is 0.242 e. The predicted octanol–water partition coefficient (Wildman–Crippen LogP) is 4.94. The standard InChI is InChI=1S/C25H31N3O4S/c1-15(2)14-28-24(30)22(33-25(28)27-19-11-16(3)7-8-17(19)4)13-23(29)26-18-9-10-20(31-5)21(12-18)32-6/h7-12,15,22H,13-14H2,1-6H3,(H,26,29). The molecular weight excluding hydrogens is 438 g/mol. The fraction of sp³-hybridized carbons (Fsp3) is 0.400. The van der Waals surface area contributed by atoms with Crippen molar-refractivity contribution in [2.24, 2.45) is 10.9 Å². The number of aliphatic imine (C=N–C) groups is 1. The number of amidine groups is 1.